The maximum absolute atomic E-state index is 5.44. The average Bonchev–Trinajstić information content (AvgIpc) is 2.76. The summed E-state index contributed by atoms with van der Waals surface area (Å²) in [6, 6.07) is 3.89. The summed E-state index contributed by atoms with van der Waals surface area (Å²) in [6.45, 7) is 0.696. The molecule has 5 heteroatoms. The molecule has 0 spiro atoms. The van der Waals surface area contributed by atoms with Gasteiger partial charge in [0, 0.05) is 24.4 Å². The lowest BCUT2D eigenvalue weighted by Crippen LogP contribution is -1.99. The normalized spacial score (nSPS) is 10.5. The van der Waals surface area contributed by atoms with Gasteiger partial charge in [-0.15, -0.1) is 10.2 Å². The van der Waals surface area contributed by atoms with Crippen molar-refractivity contribution in [3.8, 4) is 10.6 Å². The van der Waals surface area contributed by atoms with Crippen LogP contribution in [0.4, 0.5) is 0 Å². The summed E-state index contributed by atoms with van der Waals surface area (Å²) in [5.41, 5.74) is 6.46. The van der Waals surface area contributed by atoms with Crippen molar-refractivity contribution in [3.05, 3.63) is 29.5 Å². The van der Waals surface area contributed by atoms with Gasteiger partial charge >= 0.3 is 0 Å². The van der Waals surface area contributed by atoms with E-state index in [9.17, 15) is 0 Å². The van der Waals surface area contributed by atoms with E-state index < -0.39 is 0 Å². The van der Waals surface area contributed by atoms with Crippen molar-refractivity contribution in [1.82, 2.24) is 15.2 Å². The third-order valence-electron chi connectivity index (χ3n) is 1.97. The molecule has 0 aliphatic heterocycles. The summed E-state index contributed by atoms with van der Waals surface area (Å²) < 4.78 is 0. The van der Waals surface area contributed by atoms with Crippen LogP contribution in [0, 0.1) is 0 Å². The van der Waals surface area contributed by atoms with Crippen LogP contribution in [0.15, 0.2) is 24.5 Å². The van der Waals surface area contributed by atoms with Crippen LogP contribution in [0.25, 0.3) is 10.6 Å². The predicted octanol–water partition coefficient (Wildman–Crippen LogP) is 1.49. The van der Waals surface area contributed by atoms with Gasteiger partial charge in [-0.05, 0) is 25.1 Å². The molecule has 0 bridgehead atoms. The van der Waals surface area contributed by atoms with E-state index in [1.807, 2.05) is 12.1 Å². The van der Waals surface area contributed by atoms with Crippen LogP contribution in [0.3, 0.4) is 0 Å². The summed E-state index contributed by atoms with van der Waals surface area (Å²) in [5, 5.41) is 10.2. The number of hydrogen-bond acceptors (Lipinski definition) is 5. The standard InChI is InChI=1S/C10H12N4S/c11-5-1-4-9-13-14-10(15-9)8-3-2-6-12-7-8/h2-3,6-7H,1,4-5,11H2. The Morgan fingerprint density at radius 1 is 1.33 bits per heavy atom. The van der Waals surface area contributed by atoms with E-state index in [0.29, 0.717) is 6.54 Å². The molecule has 15 heavy (non-hydrogen) atoms. The maximum Gasteiger partial charge on any atom is 0.149 e. The molecule has 0 saturated carbocycles. The molecule has 2 aromatic rings. The quantitative estimate of drug-likeness (QED) is 0.847. The second kappa shape index (κ2) is 4.95. The van der Waals surface area contributed by atoms with E-state index in [1.165, 1.54) is 0 Å². The lowest BCUT2D eigenvalue weighted by atomic mass is 10.3. The number of pyridine rings is 1. The Bertz CT molecular complexity index is 412. The molecule has 0 unspecified atom stereocenters. The smallest absolute Gasteiger partial charge is 0.149 e. The number of rotatable bonds is 4. The Kier molecular flexibility index (Phi) is 3.37. The zero-order valence-electron chi connectivity index (χ0n) is 8.26. The minimum atomic E-state index is 0.696. The molecule has 0 aliphatic carbocycles. The highest BCUT2D eigenvalue weighted by atomic mass is 32.1. The molecule has 0 fully saturated rings. The molecular weight excluding hydrogens is 208 g/mol. The van der Waals surface area contributed by atoms with Crippen LogP contribution >= 0.6 is 11.3 Å². The van der Waals surface area contributed by atoms with Crippen LogP contribution in [0.5, 0.6) is 0 Å². The Labute approximate surface area is 92.2 Å². The van der Waals surface area contributed by atoms with Crippen LogP contribution in [0.2, 0.25) is 0 Å². The predicted molar refractivity (Wildman–Crippen MR) is 60.5 cm³/mol. The van der Waals surface area contributed by atoms with E-state index in [4.69, 9.17) is 5.73 Å². The number of nitrogens with zero attached hydrogens (tertiary/aromatic N) is 3. The molecule has 2 N–H and O–H groups in total. The Morgan fingerprint density at radius 2 is 2.27 bits per heavy atom. The molecule has 0 radical (unpaired) electrons. The van der Waals surface area contributed by atoms with Crippen LogP contribution in [0.1, 0.15) is 11.4 Å². The fourth-order valence-electron chi connectivity index (χ4n) is 1.21. The first-order valence-corrected chi connectivity index (χ1v) is 5.64. The van der Waals surface area contributed by atoms with Gasteiger partial charge in [-0.2, -0.15) is 0 Å². The Hall–Kier alpha value is -1.33. The molecule has 0 amide bonds. The summed E-state index contributed by atoms with van der Waals surface area (Å²) >= 11 is 1.61. The lowest BCUT2D eigenvalue weighted by Gasteiger charge is -1.91. The van der Waals surface area contributed by atoms with E-state index in [2.05, 4.69) is 15.2 Å². The van der Waals surface area contributed by atoms with Gasteiger partial charge in [0.1, 0.15) is 10.0 Å². The van der Waals surface area contributed by atoms with Crippen molar-refractivity contribution >= 4 is 11.3 Å². The van der Waals surface area contributed by atoms with E-state index in [0.717, 1.165) is 28.4 Å². The van der Waals surface area contributed by atoms with Gasteiger partial charge in [-0.1, -0.05) is 11.3 Å². The van der Waals surface area contributed by atoms with E-state index in [-0.39, 0.29) is 0 Å². The molecule has 0 aliphatic rings. The topological polar surface area (TPSA) is 64.7 Å². The second-order valence-electron chi connectivity index (χ2n) is 3.13. The highest BCUT2D eigenvalue weighted by molar-refractivity contribution is 7.14. The van der Waals surface area contributed by atoms with Crippen molar-refractivity contribution in [1.29, 1.82) is 0 Å². The summed E-state index contributed by atoms with van der Waals surface area (Å²) in [7, 11) is 0. The average molecular weight is 220 g/mol. The second-order valence-corrected chi connectivity index (χ2v) is 4.20. The first-order valence-electron chi connectivity index (χ1n) is 4.83. The summed E-state index contributed by atoms with van der Waals surface area (Å²) in [5.74, 6) is 0. The molecule has 78 valence electrons. The highest BCUT2D eigenvalue weighted by Crippen LogP contribution is 2.22. The van der Waals surface area contributed by atoms with Crippen molar-refractivity contribution in [2.75, 3.05) is 6.54 Å². The maximum atomic E-state index is 5.44. The van der Waals surface area contributed by atoms with E-state index in [1.54, 1.807) is 23.7 Å². The molecular formula is C10H12N4S. The molecule has 0 aromatic carbocycles. The van der Waals surface area contributed by atoms with Gasteiger partial charge in [0.25, 0.3) is 0 Å². The first-order chi connectivity index (χ1) is 7.40. The zero-order chi connectivity index (χ0) is 10.5. The van der Waals surface area contributed by atoms with Gasteiger partial charge in [0.2, 0.25) is 0 Å². The van der Waals surface area contributed by atoms with Gasteiger partial charge in [-0.3, -0.25) is 4.98 Å². The SMILES string of the molecule is NCCCc1nnc(-c2cccnc2)s1. The van der Waals surface area contributed by atoms with Crippen molar-refractivity contribution < 1.29 is 0 Å². The summed E-state index contributed by atoms with van der Waals surface area (Å²) in [6.07, 6.45) is 5.42. The van der Waals surface area contributed by atoms with Gasteiger partial charge in [0.05, 0.1) is 0 Å². The van der Waals surface area contributed by atoms with Crippen molar-refractivity contribution in [3.63, 3.8) is 0 Å². The molecule has 2 heterocycles. The largest absolute Gasteiger partial charge is 0.330 e. The third-order valence-corrected chi connectivity index (χ3v) is 3.00. The van der Waals surface area contributed by atoms with Crippen LogP contribution < -0.4 is 5.73 Å². The Balaban J connectivity index is 2.14. The van der Waals surface area contributed by atoms with Gasteiger partial charge in [-0.25, -0.2) is 0 Å². The number of nitrogens with two attached hydrogens (primary N) is 1. The van der Waals surface area contributed by atoms with Gasteiger partial charge in [0.15, 0.2) is 0 Å². The molecule has 2 rings (SSSR count). The fraction of sp³-hybridized carbons (Fsp3) is 0.300. The Morgan fingerprint density at radius 3 is 3.00 bits per heavy atom. The van der Waals surface area contributed by atoms with Crippen LogP contribution in [-0.2, 0) is 6.42 Å². The molecule has 4 nitrogen and oxygen atoms in total. The van der Waals surface area contributed by atoms with Crippen molar-refractivity contribution in [2.45, 2.75) is 12.8 Å². The zero-order valence-corrected chi connectivity index (χ0v) is 9.07. The van der Waals surface area contributed by atoms with Crippen LogP contribution in [-0.4, -0.2) is 21.7 Å². The highest BCUT2D eigenvalue weighted by Gasteiger charge is 2.05. The first kappa shape index (κ1) is 10.2. The summed E-state index contributed by atoms with van der Waals surface area (Å²) in [4.78, 5) is 4.05. The lowest BCUT2D eigenvalue weighted by molar-refractivity contribution is 0.812. The number of hydrogen-bond donors (Lipinski definition) is 1. The molecule has 2 aromatic heterocycles. The monoisotopic (exact) mass is 220 g/mol. The number of aromatic nitrogens is 3. The minimum Gasteiger partial charge on any atom is -0.330 e. The fourth-order valence-corrected chi connectivity index (χ4v) is 2.09. The third kappa shape index (κ3) is 2.57. The molecule has 0 saturated heterocycles. The van der Waals surface area contributed by atoms with Crippen molar-refractivity contribution in [2.24, 2.45) is 5.73 Å². The molecule has 0 atom stereocenters. The number of aryl methyl sites for hydroxylation is 1. The van der Waals surface area contributed by atoms with E-state index >= 15 is 0 Å². The minimum absolute atomic E-state index is 0.696. The van der Waals surface area contributed by atoms with Gasteiger partial charge < -0.3 is 5.73 Å².